The first-order valence-corrected chi connectivity index (χ1v) is 6.00. The smallest absolute Gasteiger partial charge is 0.327 e. The van der Waals surface area contributed by atoms with Crippen molar-refractivity contribution in [3.8, 4) is 5.75 Å². The molecule has 0 radical (unpaired) electrons. The SMILES string of the molecule is CC(COc1c(F)cccc1F)(NC1CC1)C(=O)O. The summed E-state index contributed by atoms with van der Waals surface area (Å²) in [6.07, 6.45) is 1.80. The number of carbonyl (C=O) groups is 1. The van der Waals surface area contributed by atoms with Gasteiger partial charge in [0, 0.05) is 6.04 Å². The number of carboxylic acid groups (broad SMARTS) is 1. The molecule has 2 N–H and O–H groups in total. The van der Waals surface area contributed by atoms with Crippen LogP contribution in [0.25, 0.3) is 0 Å². The van der Waals surface area contributed by atoms with Gasteiger partial charge in [0.2, 0.25) is 0 Å². The Labute approximate surface area is 109 Å². The van der Waals surface area contributed by atoms with Crippen LogP contribution in [0.15, 0.2) is 18.2 Å². The second-order valence-electron chi connectivity index (χ2n) is 4.90. The largest absolute Gasteiger partial charge is 0.485 e. The third-order valence-corrected chi connectivity index (χ3v) is 3.00. The quantitative estimate of drug-likeness (QED) is 0.830. The molecule has 19 heavy (non-hydrogen) atoms. The fourth-order valence-electron chi connectivity index (χ4n) is 1.68. The van der Waals surface area contributed by atoms with Gasteiger partial charge < -0.3 is 9.84 Å². The minimum absolute atomic E-state index is 0.134. The number of hydrogen-bond donors (Lipinski definition) is 2. The summed E-state index contributed by atoms with van der Waals surface area (Å²) in [5.41, 5.74) is -1.37. The molecule has 1 aromatic carbocycles. The summed E-state index contributed by atoms with van der Waals surface area (Å²) in [6, 6.07) is 3.47. The van der Waals surface area contributed by atoms with E-state index in [4.69, 9.17) is 4.74 Å². The van der Waals surface area contributed by atoms with Crippen molar-refractivity contribution < 1.29 is 23.4 Å². The van der Waals surface area contributed by atoms with Gasteiger partial charge in [-0.05, 0) is 31.9 Å². The first-order chi connectivity index (χ1) is 8.92. The first-order valence-electron chi connectivity index (χ1n) is 6.00. The number of para-hydroxylation sites is 1. The van der Waals surface area contributed by atoms with Crippen LogP contribution >= 0.6 is 0 Å². The number of rotatable bonds is 6. The van der Waals surface area contributed by atoms with Gasteiger partial charge in [-0.15, -0.1) is 0 Å². The van der Waals surface area contributed by atoms with E-state index in [1.165, 1.54) is 13.0 Å². The van der Waals surface area contributed by atoms with E-state index in [0.29, 0.717) is 0 Å². The molecule has 0 bridgehead atoms. The normalized spacial score (nSPS) is 17.8. The first kappa shape index (κ1) is 13.7. The molecule has 1 unspecified atom stereocenters. The molecule has 0 aliphatic heterocycles. The number of halogens is 2. The van der Waals surface area contributed by atoms with E-state index >= 15 is 0 Å². The third-order valence-electron chi connectivity index (χ3n) is 3.00. The van der Waals surface area contributed by atoms with E-state index in [1.54, 1.807) is 0 Å². The van der Waals surface area contributed by atoms with Crippen molar-refractivity contribution in [2.45, 2.75) is 31.3 Å². The Balaban J connectivity index is 2.08. The highest BCUT2D eigenvalue weighted by Gasteiger charge is 2.39. The summed E-state index contributed by atoms with van der Waals surface area (Å²) >= 11 is 0. The van der Waals surface area contributed by atoms with Crippen LogP contribution in [-0.2, 0) is 4.79 Å². The summed E-state index contributed by atoms with van der Waals surface area (Å²) in [5, 5.41) is 12.1. The highest BCUT2D eigenvalue weighted by atomic mass is 19.1. The van der Waals surface area contributed by atoms with Crippen LogP contribution in [0.4, 0.5) is 8.78 Å². The van der Waals surface area contributed by atoms with E-state index in [2.05, 4.69) is 5.32 Å². The predicted octanol–water partition coefficient (Wildman–Crippen LogP) is 1.94. The number of aliphatic carboxylic acids is 1. The molecule has 1 saturated carbocycles. The van der Waals surface area contributed by atoms with Gasteiger partial charge in [-0.2, -0.15) is 0 Å². The van der Waals surface area contributed by atoms with Crippen molar-refractivity contribution in [3.05, 3.63) is 29.8 Å². The van der Waals surface area contributed by atoms with Crippen molar-refractivity contribution in [2.24, 2.45) is 0 Å². The summed E-state index contributed by atoms with van der Waals surface area (Å²) in [4.78, 5) is 11.2. The zero-order valence-electron chi connectivity index (χ0n) is 10.5. The Bertz CT molecular complexity index is 471. The van der Waals surface area contributed by atoms with Crippen LogP contribution in [0, 0.1) is 11.6 Å². The van der Waals surface area contributed by atoms with Gasteiger partial charge in [0.25, 0.3) is 0 Å². The average Bonchev–Trinajstić information content (AvgIpc) is 3.12. The van der Waals surface area contributed by atoms with Crippen LogP contribution in [0.1, 0.15) is 19.8 Å². The van der Waals surface area contributed by atoms with E-state index < -0.39 is 28.9 Å². The molecule has 0 amide bonds. The second-order valence-corrected chi connectivity index (χ2v) is 4.90. The summed E-state index contributed by atoms with van der Waals surface area (Å²) in [6.45, 7) is 1.09. The van der Waals surface area contributed by atoms with Crippen molar-refractivity contribution >= 4 is 5.97 Å². The Morgan fingerprint density at radius 3 is 2.53 bits per heavy atom. The monoisotopic (exact) mass is 271 g/mol. The number of carboxylic acids is 1. The topological polar surface area (TPSA) is 58.6 Å². The van der Waals surface area contributed by atoms with Gasteiger partial charge >= 0.3 is 5.97 Å². The molecule has 1 aliphatic carbocycles. The zero-order chi connectivity index (χ0) is 14.0. The molecule has 0 aromatic heterocycles. The molecule has 4 nitrogen and oxygen atoms in total. The third kappa shape index (κ3) is 3.20. The minimum Gasteiger partial charge on any atom is -0.485 e. The summed E-state index contributed by atoms with van der Waals surface area (Å²) in [7, 11) is 0. The van der Waals surface area contributed by atoms with Crippen LogP contribution in [-0.4, -0.2) is 29.3 Å². The van der Waals surface area contributed by atoms with E-state index in [0.717, 1.165) is 25.0 Å². The van der Waals surface area contributed by atoms with E-state index in [-0.39, 0.29) is 12.6 Å². The minimum atomic E-state index is -1.37. The van der Waals surface area contributed by atoms with Crippen LogP contribution < -0.4 is 10.1 Å². The van der Waals surface area contributed by atoms with Gasteiger partial charge in [-0.25, -0.2) is 8.78 Å². The molecular weight excluding hydrogens is 256 g/mol. The maximum Gasteiger partial charge on any atom is 0.327 e. The molecular formula is C13H15F2NO3. The fourth-order valence-corrected chi connectivity index (χ4v) is 1.68. The molecule has 1 aliphatic rings. The van der Waals surface area contributed by atoms with Gasteiger partial charge in [0.05, 0.1) is 0 Å². The van der Waals surface area contributed by atoms with Gasteiger partial charge in [0.1, 0.15) is 12.1 Å². The standard InChI is InChI=1S/C13H15F2NO3/c1-13(12(17)18,16-8-5-6-8)7-19-11-9(14)3-2-4-10(11)15/h2-4,8,16H,5-7H2,1H3,(H,17,18). The van der Waals surface area contributed by atoms with Crippen LogP contribution in [0.5, 0.6) is 5.75 Å². The lowest BCUT2D eigenvalue weighted by molar-refractivity contribution is -0.145. The molecule has 1 aromatic rings. The second kappa shape index (κ2) is 5.13. The lowest BCUT2D eigenvalue weighted by atomic mass is 10.0. The van der Waals surface area contributed by atoms with Crippen molar-refractivity contribution in [2.75, 3.05) is 6.61 Å². The Hall–Kier alpha value is -1.69. The molecule has 1 fully saturated rings. The number of nitrogens with one attached hydrogen (secondary N) is 1. The zero-order valence-corrected chi connectivity index (χ0v) is 10.5. The molecule has 104 valence electrons. The Morgan fingerprint density at radius 2 is 2.05 bits per heavy atom. The summed E-state index contributed by atoms with van der Waals surface area (Å²) in [5.74, 6) is -3.36. The molecule has 0 saturated heterocycles. The van der Waals surface area contributed by atoms with Gasteiger partial charge in [-0.1, -0.05) is 6.07 Å². The fraction of sp³-hybridized carbons (Fsp3) is 0.462. The Morgan fingerprint density at radius 1 is 1.47 bits per heavy atom. The lowest BCUT2D eigenvalue weighted by Gasteiger charge is -2.26. The highest BCUT2D eigenvalue weighted by Crippen LogP contribution is 2.25. The Kier molecular flexibility index (Phi) is 3.71. The van der Waals surface area contributed by atoms with E-state index in [1.807, 2.05) is 0 Å². The molecule has 2 rings (SSSR count). The lowest BCUT2D eigenvalue weighted by Crippen LogP contribution is -2.54. The number of hydrogen-bond acceptors (Lipinski definition) is 3. The molecule has 6 heteroatoms. The van der Waals surface area contributed by atoms with Crippen LogP contribution in [0.2, 0.25) is 0 Å². The average molecular weight is 271 g/mol. The maximum absolute atomic E-state index is 13.4. The maximum atomic E-state index is 13.4. The summed E-state index contributed by atoms with van der Waals surface area (Å²) < 4.78 is 31.8. The van der Waals surface area contributed by atoms with Crippen molar-refractivity contribution in [3.63, 3.8) is 0 Å². The molecule has 1 atom stereocenters. The van der Waals surface area contributed by atoms with Crippen LogP contribution in [0.3, 0.4) is 0 Å². The van der Waals surface area contributed by atoms with Gasteiger partial charge in [-0.3, -0.25) is 10.1 Å². The highest BCUT2D eigenvalue weighted by molar-refractivity contribution is 5.78. The van der Waals surface area contributed by atoms with Crippen molar-refractivity contribution in [1.29, 1.82) is 0 Å². The van der Waals surface area contributed by atoms with E-state index in [9.17, 15) is 18.7 Å². The molecule has 0 spiro atoms. The number of ether oxygens (including phenoxy) is 1. The predicted molar refractivity (Wildman–Crippen MR) is 64.1 cm³/mol. The van der Waals surface area contributed by atoms with Gasteiger partial charge in [0.15, 0.2) is 17.4 Å². The number of benzene rings is 1. The van der Waals surface area contributed by atoms with Crippen molar-refractivity contribution in [1.82, 2.24) is 5.32 Å². The molecule has 0 heterocycles.